The van der Waals surface area contributed by atoms with Gasteiger partial charge in [0.05, 0.1) is 5.69 Å². The van der Waals surface area contributed by atoms with Gasteiger partial charge in [0.15, 0.2) is 0 Å². The number of rotatable bonds is 4. The Morgan fingerprint density at radius 3 is 2.62 bits per heavy atom. The largest absolute Gasteiger partial charge is 0.444 e. The van der Waals surface area contributed by atoms with E-state index in [0.29, 0.717) is 12.0 Å². The summed E-state index contributed by atoms with van der Waals surface area (Å²) in [5.41, 5.74) is 0.302. The van der Waals surface area contributed by atoms with E-state index in [2.05, 4.69) is 17.6 Å². The first-order chi connectivity index (χ1) is 9.74. The van der Waals surface area contributed by atoms with Crippen LogP contribution < -0.4 is 10.6 Å². The fourth-order valence-electron chi connectivity index (χ4n) is 2.10. The van der Waals surface area contributed by atoms with E-state index in [1.54, 1.807) is 32.9 Å². The Bertz CT molecular complexity index is 521. The Kier molecular flexibility index (Phi) is 4.40. The van der Waals surface area contributed by atoms with Gasteiger partial charge >= 0.3 is 6.09 Å². The molecule has 1 aromatic carbocycles. The van der Waals surface area contributed by atoms with E-state index in [1.165, 1.54) is 18.9 Å². The molecule has 1 unspecified atom stereocenters. The molecule has 0 spiro atoms. The summed E-state index contributed by atoms with van der Waals surface area (Å²) in [4.78, 5) is 11.7. The molecule has 0 radical (unpaired) electrons. The molecule has 1 aromatic rings. The van der Waals surface area contributed by atoms with Gasteiger partial charge in [-0.25, -0.2) is 9.18 Å². The zero-order valence-electron chi connectivity index (χ0n) is 13.0. The standard InChI is InChI=1S/C16H23FN2O2/c1-10(11-5-6-11)18-12-7-8-13(17)14(9-12)19-15(20)21-16(2,3)4/h7-11,18H,5-6H2,1-4H3,(H,19,20). The summed E-state index contributed by atoms with van der Waals surface area (Å²) in [7, 11) is 0. The van der Waals surface area contributed by atoms with Crippen molar-refractivity contribution in [1.29, 1.82) is 0 Å². The number of hydrogen-bond acceptors (Lipinski definition) is 3. The highest BCUT2D eigenvalue weighted by atomic mass is 19.1. The van der Waals surface area contributed by atoms with Gasteiger partial charge in [-0.2, -0.15) is 0 Å². The molecule has 1 fully saturated rings. The highest BCUT2D eigenvalue weighted by molar-refractivity contribution is 5.85. The van der Waals surface area contributed by atoms with Crippen LogP contribution in [0.5, 0.6) is 0 Å². The topological polar surface area (TPSA) is 50.4 Å². The molecule has 0 heterocycles. The lowest BCUT2D eigenvalue weighted by Gasteiger charge is -2.20. The molecule has 1 aliphatic carbocycles. The van der Waals surface area contributed by atoms with Crippen LogP contribution in [0.3, 0.4) is 0 Å². The Morgan fingerprint density at radius 2 is 2.05 bits per heavy atom. The van der Waals surface area contributed by atoms with Crippen LogP contribution in [0.4, 0.5) is 20.6 Å². The molecular formula is C16H23FN2O2. The van der Waals surface area contributed by atoms with Crippen LogP contribution in [-0.2, 0) is 4.74 Å². The van der Waals surface area contributed by atoms with Crippen molar-refractivity contribution >= 4 is 17.5 Å². The number of carbonyl (C=O) groups is 1. The van der Waals surface area contributed by atoms with Crippen LogP contribution >= 0.6 is 0 Å². The summed E-state index contributed by atoms with van der Waals surface area (Å²) in [6, 6.07) is 4.96. The van der Waals surface area contributed by atoms with Crippen molar-refractivity contribution in [2.75, 3.05) is 10.6 Å². The first-order valence-electron chi connectivity index (χ1n) is 7.31. The highest BCUT2D eigenvalue weighted by Gasteiger charge is 2.27. The summed E-state index contributed by atoms with van der Waals surface area (Å²) in [6.45, 7) is 7.40. The minimum Gasteiger partial charge on any atom is -0.444 e. The third-order valence-corrected chi connectivity index (χ3v) is 3.33. The zero-order chi connectivity index (χ0) is 15.6. The molecule has 4 nitrogen and oxygen atoms in total. The summed E-state index contributed by atoms with van der Waals surface area (Å²) in [6.07, 6.45) is 1.81. The molecule has 2 rings (SSSR count). The highest BCUT2D eigenvalue weighted by Crippen LogP contribution is 2.34. The van der Waals surface area contributed by atoms with Gasteiger partial charge in [-0.15, -0.1) is 0 Å². The molecule has 1 aliphatic rings. The van der Waals surface area contributed by atoms with Gasteiger partial charge in [0.25, 0.3) is 0 Å². The molecule has 0 aliphatic heterocycles. The average molecular weight is 294 g/mol. The van der Waals surface area contributed by atoms with Crippen molar-refractivity contribution in [3.05, 3.63) is 24.0 Å². The van der Waals surface area contributed by atoms with E-state index < -0.39 is 17.5 Å². The molecule has 1 atom stereocenters. The van der Waals surface area contributed by atoms with E-state index in [4.69, 9.17) is 4.74 Å². The van der Waals surface area contributed by atoms with Gasteiger partial charge in [-0.05, 0) is 64.7 Å². The number of carbonyl (C=O) groups excluding carboxylic acids is 1. The van der Waals surface area contributed by atoms with E-state index >= 15 is 0 Å². The molecule has 21 heavy (non-hydrogen) atoms. The van der Waals surface area contributed by atoms with Crippen LogP contribution in [0.15, 0.2) is 18.2 Å². The van der Waals surface area contributed by atoms with Gasteiger partial charge in [-0.1, -0.05) is 0 Å². The minimum absolute atomic E-state index is 0.122. The maximum atomic E-state index is 13.8. The lowest BCUT2D eigenvalue weighted by molar-refractivity contribution is 0.0635. The van der Waals surface area contributed by atoms with Gasteiger partial charge in [-0.3, -0.25) is 5.32 Å². The van der Waals surface area contributed by atoms with E-state index in [0.717, 1.165) is 5.69 Å². The number of hydrogen-bond donors (Lipinski definition) is 2. The second kappa shape index (κ2) is 5.92. The molecule has 0 aromatic heterocycles. The number of ether oxygens (including phenoxy) is 1. The maximum absolute atomic E-state index is 13.8. The van der Waals surface area contributed by atoms with E-state index in [9.17, 15) is 9.18 Å². The summed E-state index contributed by atoms with van der Waals surface area (Å²) >= 11 is 0. The quantitative estimate of drug-likeness (QED) is 0.866. The Morgan fingerprint density at radius 1 is 1.38 bits per heavy atom. The summed E-state index contributed by atoms with van der Waals surface area (Å²) in [5, 5.41) is 5.78. The van der Waals surface area contributed by atoms with Crippen molar-refractivity contribution in [3.63, 3.8) is 0 Å². The first-order valence-corrected chi connectivity index (χ1v) is 7.31. The molecule has 116 valence electrons. The number of anilines is 2. The van der Waals surface area contributed by atoms with E-state index in [-0.39, 0.29) is 5.69 Å². The van der Waals surface area contributed by atoms with E-state index in [1.807, 2.05) is 0 Å². The molecular weight excluding hydrogens is 271 g/mol. The molecule has 2 N–H and O–H groups in total. The van der Waals surface area contributed by atoms with Gasteiger partial charge in [0.1, 0.15) is 11.4 Å². The first kappa shape index (κ1) is 15.6. The third-order valence-electron chi connectivity index (χ3n) is 3.33. The SMILES string of the molecule is CC(Nc1ccc(F)c(NC(=O)OC(C)(C)C)c1)C1CC1. The summed E-state index contributed by atoms with van der Waals surface area (Å²) < 4.78 is 18.9. The van der Waals surface area contributed by atoms with Gasteiger partial charge in [0.2, 0.25) is 0 Å². The Balaban J connectivity index is 2.02. The van der Waals surface area contributed by atoms with Crippen LogP contribution in [-0.4, -0.2) is 17.7 Å². The second-order valence-electron chi connectivity index (χ2n) is 6.59. The summed E-state index contributed by atoms with van der Waals surface area (Å²) in [5.74, 6) is 0.211. The normalized spacial score (nSPS) is 16.2. The smallest absolute Gasteiger partial charge is 0.412 e. The number of benzene rings is 1. The van der Waals surface area contributed by atoms with Crippen LogP contribution in [0.2, 0.25) is 0 Å². The molecule has 1 amide bonds. The maximum Gasteiger partial charge on any atom is 0.412 e. The Hall–Kier alpha value is -1.78. The number of nitrogens with one attached hydrogen (secondary N) is 2. The average Bonchev–Trinajstić information content (AvgIpc) is 3.14. The van der Waals surface area contributed by atoms with Gasteiger partial charge in [0, 0.05) is 11.7 Å². The monoisotopic (exact) mass is 294 g/mol. The number of amides is 1. The van der Waals surface area contributed by atoms with Crippen molar-refractivity contribution < 1.29 is 13.9 Å². The molecule has 1 saturated carbocycles. The molecule has 5 heteroatoms. The zero-order valence-corrected chi connectivity index (χ0v) is 13.0. The molecule has 0 bridgehead atoms. The predicted molar refractivity (Wildman–Crippen MR) is 82.1 cm³/mol. The fraction of sp³-hybridized carbons (Fsp3) is 0.562. The predicted octanol–water partition coefficient (Wildman–Crippen LogP) is 4.38. The fourth-order valence-corrected chi connectivity index (χ4v) is 2.10. The number of halogens is 1. The van der Waals surface area contributed by atoms with Crippen LogP contribution in [0, 0.1) is 11.7 Å². The van der Waals surface area contributed by atoms with Crippen LogP contribution in [0.1, 0.15) is 40.5 Å². The minimum atomic E-state index is -0.659. The lowest BCUT2D eigenvalue weighted by Crippen LogP contribution is -2.27. The van der Waals surface area contributed by atoms with Gasteiger partial charge < -0.3 is 10.1 Å². The molecule has 0 saturated heterocycles. The third kappa shape index (κ3) is 4.92. The van der Waals surface area contributed by atoms with Crippen LogP contribution in [0.25, 0.3) is 0 Å². The Labute approximate surface area is 125 Å². The van der Waals surface area contributed by atoms with Crippen molar-refractivity contribution in [1.82, 2.24) is 0 Å². The second-order valence-corrected chi connectivity index (χ2v) is 6.59. The van der Waals surface area contributed by atoms with Crippen molar-refractivity contribution in [2.24, 2.45) is 5.92 Å². The van der Waals surface area contributed by atoms with Crippen molar-refractivity contribution in [3.8, 4) is 0 Å². The lowest BCUT2D eigenvalue weighted by atomic mass is 10.2. The van der Waals surface area contributed by atoms with Crippen molar-refractivity contribution in [2.45, 2.75) is 52.2 Å².